The summed E-state index contributed by atoms with van der Waals surface area (Å²) in [4.78, 5) is 31.7. The first-order chi connectivity index (χ1) is 15.5. The maximum atomic E-state index is 12.8. The quantitative estimate of drug-likeness (QED) is 0.468. The molecule has 1 heterocycles. The van der Waals surface area contributed by atoms with Gasteiger partial charge in [0.15, 0.2) is 0 Å². The molecule has 0 bridgehead atoms. The van der Waals surface area contributed by atoms with Crippen molar-refractivity contribution in [2.24, 2.45) is 0 Å². The fraction of sp³-hybridized carbons (Fsp3) is 0.192. The number of aromatic nitrogens is 2. The first-order valence-electron chi connectivity index (χ1n) is 10.8. The number of fused-ring (bicyclic) bond motifs is 1. The van der Waals surface area contributed by atoms with Crippen molar-refractivity contribution in [2.45, 2.75) is 20.8 Å². The molecular formula is C26H26N4O2. The number of anilines is 1. The van der Waals surface area contributed by atoms with Crippen LogP contribution in [0, 0.1) is 6.92 Å². The molecule has 4 rings (SSSR count). The number of imidazole rings is 1. The SMILES string of the molecule is CCN(CC)C(=O)c1ccc(NC(=O)c2ccc3c(c2)nc(C)n3-c2ccccc2)cc1. The molecule has 0 aliphatic rings. The van der Waals surface area contributed by atoms with E-state index in [1.807, 2.05) is 57.2 Å². The summed E-state index contributed by atoms with van der Waals surface area (Å²) in [6.45, 7) is 7.19. The number of nitrogens with one attached hydrogen (secondary N) is 1. The van der Waals surface area contributed by atoms with Crippen LogP contribution in [-0.2, 0) is 0 Å². The van der Waals surface area contributed by atoms with Crippen LogP contribution in [0.25, 0.3) is 16.7 Å². The van der Waals surface area contributed by atoms with Crippen LogP contribution in [-0.4, -0.2) is 39.4 Å². The Morgan fingerprint density at radius 2 is 1.56 bits per heavy atom. The highest BCUT2D eigenvalue weighted by Crippen LogP contribution is 2.23. The lowest BCUT2D eigenvalue weighted by Crippen LogP contribution is -2.30. The molecule has 0 aliphatic carbocycles. The zero-order valence-electron chi connectivity index (χ0n) is 18.5. The van der Waals surface area contributed by atoms with E-state index >= 15 is 0 Å². The lowest BCUT2D eigenvalue weighted by molar-refractivity contribution is 0.0773. The van der Waals surface area contributed by atoms with E-state index in [9.17, 15) is 9.59 Å². The second kappa shape index (κ2) is 9.06. The van der Waals surface area contributed by atoms with Gasteiger partial charge < -0.3 is 10.2 Å². The molecule has 1 aromatic heterocycles. The lowest BCUT2D eigenvalue weighted by Gasteiger charge is -2.18. The summed E-state index contributed by atoms with van der Waals surface area (Å²) in [5.41, 5.74) is 4.51. The predicted molar refractivity (Wildman–Crippen MR) is 127 cm³/mol. The monoisotopic (exact) mass is 426 g/mol. The Morgan fingerprint density at radius 3 is 2.22 bits per heavy atom. The number of carbonyl (C=O) groups excluding carboxylic acids is 2. The summed E-state index contributed by atoms with van der Waals surface area (Å²) in [6, 6.07) is 22.5. The van der Waals surface area contributed by atoms with Crippen LogP contribution in [0.4, 0.5) is 5.69 Å². The average molecular weight is 427 g/mol. The molecule has 0 fully saturated rings. The van der Waals surface area contributed by atoms with Crippen molar-refractivity contribution in [2.75, 3.05) is 18.4 Å². The molecule has 1 N–H and O–H groups in total. The summed E-state index contributed by atoms with van der Waals surface area (Å²) in [6.07, 6.45) is 0. The number of hydrogen-bond acceptors (Lipinski definition) is 3. The number of rotatable bonds is 6. The van der Waals surface area contributed by atoms with Gasteiger partial charge in [-0.1, -0.05) is 18.2 Å². The first-order valence-corrected chi connectivity index (χ1v) is 10.8. The van der Waals surface area contributed by atoms with Crippen LogP contribution in [0.2, 0.25) is 0 Å². The molecule has 0 unspecified atom stereocenters. The molecule has 0 aliphatic heterocycles. The van der Waals surface area contributed by atoms with Crippen LogP contribution >= 0.6 is 0 Å². The van der Waals surface area contributed by atoms with Crippen LogP contribution in [0.3, 0.4) is 0 Å². The van der Waals surface area contributed by atoms with Crippen molar-refractivity contribution in [1.82, 2.24) is 14.5 Å². The summed E-state index contributed by atoms with van der Waals surface area (Å²) in [7, 11) is 0. The zero-order chi connectivity index (χ0) is 22.7. The van der Waals surface area contributed by atoms with Crippen LogP contribution < -0.4 is 5.32 Å². The van der Waals surface area contributed by atoms with Crippen molar-refractivity contribution < 1.29 is 9.59 Å². The molecule has 162 valence electrons. The molecule has 0 saturated carbocycles. The van der Waals surface area contributed by atoms with Gasteiger partial charge in [-0.05, 0) is 75.4 Å². The van der Waals surface area contributed by atoms with Gasteiger partial charge in [0, 0.05) is 35.6 Å². The van der Waals surface area contributed by atoms with Crippen molar-refractivity contribution in [3.05, 3.63) is 89.7 Å². The van der Waals surface area contributed by atoms with Gasteiger partial charge in [0.1, 0.15) is 5.82 Å². The topological polar surface area (TPSA) is 67.2 Å². The van der Waals surface area contributed by atoms with Crippen molar-refractivity contribution >= 4 is 28.5 Å². The standard InChI is InChI=1S/C26H26N4O2/c1-4-29(5-2)26(32)19-11-14-21(15-12-19)28-25(31)20-13-16-24-23(17-20)27-18(3)30(24)22-9-7-6-8-10-22/h6-17H,4-5H2,1-3H3,(H,28,31). The van der Waals surface area contributed by atoms with E-state index in [1.54, 1.807) is 41.3 Å². The van der Waals surface area contributed by atoms with Gasteiger partial charge in [0.25, 0.3) is 11.8 Å². The minimum absolute atomic E-state index is 0.0114. The molecule has 0 atom stereocenters. The van der Waals surface area contributed by atoms with E-state index in [0.717, 1.165) is 22.5 Å². The Hall–Kier alpha value is -3.93. The summed E-state index contributed by atoms with van der Waals surface area (Å²) in [5, 5.41) is 2.90. The van der Waals surface area contributed by atoms with Gasteiger partial charge in [-0.25, -0.2) is 4.98 Å². The molecule has 2 amide bonds. The Labute approximate surface area is 187 Å². The number of aryl methyl sites for hydroxylation is 1. The third-order valence-corrected chi connectivity index (χ3v) is 5.54. The Balaban J connectivity index is 1.54. The molecule has 6 nitrogen and oxygen atoms in total. The highest BCUT2D eigenvalue weighted by atomic mass is 16.2. The first kappa shape index (κ1) is 21.3. The van der Waals surface area contributed by atoms with Gasteiger partial charge in [0.2, 0.25) is 0 Å². The molecule has 3 aromatic carbocycles. The fourth-order valence-electron chi connectivity index (χ4n) is 3.84. The smallest absolute Gasteiger partial charge is 0.255 e. The number of hydrogen-bond donors (Lipinski definition) is 1. The molecule has 32 heavy (non-hydrogen) atoms. The van der Waals surface area contributed by atoms with E-state index in [-0.39, 0.29) is 11.8 Å². The van der Waals surface area contributed by atoms with Crippen LogP contribution in [0.15, 0.2) is 72.8 Å². The number of carbonyl (C=O) groups is 2. The number of nitrogens with zero attached hydrogens (tertiary/aromatic N) is 3. The Morgan fingerprint density at radius 1 is 0.906 bits per heavy atom. The van der Waals surface area contributed by atoms with Crippen molar-refractivity contribution in [1.29, 1.82) is 0 Å². The van der Waals surface area contributed by atoms with Gasteiger partial charge in [0.05, 0.1) is 11.0 Å². The Kier molecular flexibility index (Phi) is 6.03. The third kappa shape index (κ3) is 4.12. The predicted octanol–water partition coefficient (Wildman–Crippen LogP) is 5.07. The van der Waals surface area contributed by atoms with E-state index in [2.05, 4.69) is 14.9 Å². The molecule has 6 heteroatoms. The molecular weight excluding hydrogens is 400 g/mol. The lowest BCUT2D eigenvalue weighted by atomic mass is 10.1. The van der Waals surface area contributed by atoms with Gasteiger partial charge >= 0.3 is 0 Å². The third-order valence-electron chi connectivity index (χ3n) is 5.54. The summed E-state index contributed by atoms with van der Waals surface area (Å²) >= 11 is 0. The molecule has 0 saturated heterocycles. The minimum atomic E-state index is -0.221. The van der Waals surface area contributed by atoms with Crippen molar-refractivity contribution in [3.8, 4) is 5.69 Å². The minimum Gasteiger partial charge on any atom is -0.339 e. The molecule has 0 radical (unpaired) electrons. The van der Waals surface area contributed by atoms with Gasteiger partial charge in [-0.2, -0.15) is 0 Å². The zero-order valence-corrected chi connectivity index (χ0v) is 18.5. The maximum Gasteiger partial charge on any atom is 0.255 e. The van der Waals surface area contributed by atoms with Crippen LogP contribution in [0.5, 0.6) is 0 Å². The van der Waals surface area contributed by atoms with Crippen molar-refractivity contribution in [3.63, 3.8) is 0 Å². The van der Waals surface area contributed by atoms with Gasteiger partial charge in [-0.3, -0.25) is 14.2 Å². The summed E-state index contributed by atoms with van der Waals surface area (Å²) < 4.78 is 2.07. The average Bonchev–Trinajstić information content (AvgIpc) is 3.15. The highest BCUT2D eigenvalue weighted by molar-refractivity contribution is 6.06. The second-order valence-corrected chi connectivity index (χ2v) is 7.54. The highest BCUT2D eigenvalue weighted by Gasteiger charge is 2.14. The maximum absolute atomic E-state index is 12.8. The fourth-order valence-corrected chi connectivity index (χ4v) is 3.84. The second-order valence-electron chi connectivity index (χ2n) is 7.54. The molecule has 0 spiro atoms. The summed E-state index contributed by atoms with van der Waals surface area (Å²) in [5.74, 6) is 0.626. The van der Waals surface area contributed by atoms with Crippen LogP contribution in [0.1, 0.15) is 40.4 Å². The number of amides is 2. The van der Waals surface area contributed by atoms with E-state index in [0.29, 0.717) is 29.9 Å². The Bertz CT molecular complexity index is 1260. The number of benzene rings is 3. The van der Waals surface area contributed by atoms with Gasteiger partial charge in [-0.15, -0.1) is 0 Å². The van der Waals surface area contributed by atoms with E-state index in [4.69, 9.17) is 0 Å². The largest absolute Gasteiger partial charge is 0.339 e. The van der Waals surface area contributed by atoms with E-state index < -0.39 is 0 Å². The molecule has 4 aromatic rings. The van der Waals surface area contributed by atoms with E-state index in [1.165, 1.54) is 0 Å². The number of para-hydroxylation sites is 1. The normalized spacial score (nSPS) is 10.8.